The summed E-state index contributed by atoms with van der Waals surface area (Å²) in [4.78, 5) is 14.7. The lowest BCUT2D eigenvalue weighted by Crippen LogP contribution is -2.47. The summed E-state index contributed by atoms with van der Waals surface area (Å²) in [6.45, 7) is 10.2. The van der Waals surface area contributed by atoms with Crippen LogP contribution in [0.5, 0.6) is 0 Å². The molecule has 0 unspecified atom stereocenters. The maximum absolute atomic E-state index is 10.5. The Hall–Kier alpha value is -0.610. The normalized spacial score (nSPS) is 18.9. The Morgan fingerprint density at radius 3 is 2.43 bits per heavy atom. The van der Waals surface area contributed by atoms with Crippen molar-refractivity contribution in [3.63, 3.8) is 0 Å². The standard InChI is InChI=1S/C10H21N3O/c1-10(2)11-3-4-12-5-7-13(9-14)8-6-12/h9-11H,3-8H2,1-2H3. The van der Waals surface area contributed by atoms with Crippen molar-refractivity contribution in [3.8, 4) is 0 Å². The van der Waals surface area contributed by atoms with Crippen LogP contribution in [0.4, 0.5) is 0 Å². The van der Waals surface area contributed by atoms with Gasteiger partial charge in [0.1, 0.15) is 0 Å². The van der Waals surface area contributed by atoms with Crippen LogP contribution in [0.15, 0.2) is 0 Å². The van der Waals surface area contributed by atoms with Crippen LogP contribution in [0, 0.1) is 0 Å². The van der Waals surface area contributed by atoms with Crippen molar-refractivity contribution in [1.82, 2.24) is 15.1 Å². The molecule has 0 aromatic heterocycles. The van der Waals surface area contributed by atoms with E-state index in [9.17, 15) is 4.79 Å². The number of carbonyl (C=O) groups excluding carboxylic acids is 1. The summed E-state index contributed by atoms with van der Waals surface area (Å²) in [7, 11) is 0. The van der Waals surface area contributed by atoms with Crippen LogP contribution >= 0.6 is 0 Å². The first-order valence-corrected chi connectivity index (χ1v) is 5.37. The van der Waals surface area contributed by atoms with Crippen LogP contribution in [-0.2, 0) is 4.79 Å². The highest BCUT2D eigenvalue weighted by Gasteiger charge is 2.14. The van der Waals surface area contributed by atoms with E-state index < -0.39 is 0 Å². The van der Waals surface area contributed by atoms with Gasteiger partial charge in [0.15, 0.2) is 0 Å². The number of rotatable bonds is 5. The quantitative estimate of drug-likeness (QED) is 0.621. The monoisotopic (exact) mass is 199 g/mol. The second-order valence-electron chi connectivity index (χ2n) is 4.09. The van der Waals surface area contributed by atoms with E-state index in [4.69, 9.17) is 0 Å². The average Bonchev–Trinajstić information content (AvgIpc) is 2.18. The molecule has 1 N–H and O–H groups in total. The van der Waals surface area contributed by atoms with E-state index in [2.05, 4.69) is 24.1 Å². The molecular formula is C10H21N3O. The molecule has 1 heterocycles. The van der Waals surface area contributed by atoms with E-state index in [0.717, 1.165) is 45.7 Å². The summed E-state index contributed by atoms with van der Waals surface area (Å²) in [5.41, 5.74) is 0. The molecule has 4 nitrogen and oxygen atoms in total. The number of amides is 1. The van der Waals surface area contributed by atoms with Crippen LogP contribution in [0.3, 0.4) is 0 Å². The Balaban J connectivity index is 2.07. The van der Waals surface area contributed by atoms with Gasteiger partial charge in [0.05, 0.1) is 0 Å². The Morgan fingerprint density at radius 2 is 1.93 bits per heavy atom. The minimum Gasteiger partial charge on any atom is -0.343 e. The van der Waals surface area contributed by atoms with Gasteiger partial charge in [0, 0.05) is 45.3 Å². The summed E-state index contributed by atoms with van der Waals surface area (Å²) in [5.74, 6) is 0. The van der Waals surface area contributed by atoms with E-state index in [-0.39, 0.29) is 0 Å². The highest BCUT2D eigenvalue weighted by molar-refractivity contribution is 5.47. The number of nitrogens with one attached hydrogen (secondary N) is 1. The van der Waals surface area contributed by atoms with Crippen molar-refractivity contribution in [3.05, 3.63) is 0 Å². The minimum absolute atomic E-state index is 0.561. The number of piperazine rings is 1. The van der Waals surface area contributed by atoms with E-state index in [1.165, 1.54) is 0 Å². The van der Waals surface area contributed by atoms with Crippen LogP contribution in [0.25, 0.3) is 0 Å². The summed E-state index contributed by atoms with van der Waals surface area (Å²) in [6.07, 6.45) is 0.948. The summed E-state index contributed by atoms with van der Waals surface area (Å²) >= 11 is 0. The Bertz CT molecular complexity index is 165. The van der Waals surface area contributed by atoms with Gasteiger partial charge in [-0.2, -0.15) is 0 Å². The molecule has 4 heteroatoms. The fourth-order valence-corrected chi connectivity index (χ4v) is 1.60. The molecule has 0 bridgehead atoms. The van der Waals surface area contributed by atoms with Gasteiger partial charge in [-0.1, -0.05) is 13.8 Å². The number of hydrogen-bond acceptors (Lipinski definition) is 3. The van der Waals surface area contributed by atoms with Crippen LogP contribution in [-0.4, -0.2) is 61.5 Å². The first-order chi connectivity index (χ1) is 6.72. The maximum Gasteiger partial charge on any atom is 0.209 e. The van der Waals surface area contributed by atoms with Gasteiger partial charge >= 0.3 is 0 Å². The second-order valence-corrected chi connectivity index (χ2v) is 4.09. The van der Waals surface area contributed by atoms with Gasteiger partial charge in [-0.15, -0.1) is 0 Å². The maximum atomic E-state index is 10.5. The highest BCUT2D eigenvalue weighted by atomic mass is 16.1. The molecule has 0 atom stereocenters. The van der Waals surface area contributed by atoms with E-state index in [0.29, 0.717) is 6.04 Å². The first-order valence-electron chi connectivity index (χ1n) is 5.37. The lowest BCUT2D eigenvalue weighted by atomic mass is 10.3. The summed E-state index contributed by atoms with van der Waals surface area (Å²) < 4.78 is 0. The van der Waals surface area contributed by atoms with E-state index in [1.807, 2.05) is 4.90 Å². The Kier molecular flexibility index (Phi) is 4.90. The van der Waals surface area contributed by atoms with E-state index >= 15 is 0 Å². The third-order valence-corrected chi connectivity index (χ3v) is 2.54. The largest absolute Gasteiger partial charge is 0.343 e. The summed E-state index contributed by atoms with van der Waals surface area (Å²) in [6, 6.07) is 0.561. The molecule has 0 spiro atoms. The summed E-state index contributed by atoms with van der Waals surface area (Å²) in [5, 5.41) is 3.39. The molecule has 1 saturated heterocycles. The van der Waals surface area contributed by atoms with Gasteiger partial charge in [0.2, 0.25) is 6.41 Å². The van der Waals surface area contributed by atoms with Gasteiger partial charge in [0.25, 0.3) is 0 Å². The SMILES string of the molecule is CC(C)NCCN1CCN(C=O)CC1. The van der Waals surface area contributed by atoms with Crippen LogP contribution in [0.1, 0.15) is 13.8 Å². The lowest BCUT2D eigenvalue weighted by molar-refractivity contribution is -0.119. The van der Waals surface area contributed by atoms with Crippen LogP contribution < -0.4 is 5.32 Å². The topological polar surface area (TPSA) is 35.6 Å². The molecule has 0 aromatic carbocycles. The molecule has 1 aliphatic rings. The molecule has 0 aromatic rings. The third-order valence-electron chi connectivity index (χ3n) is 2.54. The van der Waals surface area contributed by atoms with Crippen molar-refractivity contribution in [2.75, 3.05) is 39.3 Å². The molecule has 1 aliphatic heterocycles. The molecule has 1 fully saturated rings. The third kappa shape index (κ3) is 4.07. The zero-order valence-corrected chi connectivity index (χ0v) is 9.20. The van der Waals surface area contributed by atoms with Crippen molar-refractivity contribution in [2.24, 2.45) is 0 Å². The fraction of sp³-hybridized carbons (Fsp3) is 0.900. The van der Waals surface area contributed by atoms with Crippen molar-refractivity contribution >= 4 is 6.41 Å². The molecule has 0 radical (unpaired) electrons. The van der Waals surface area contributed by atoms with Crippen molar-refractivity contribution in [1.29, 1.82) is 0 Å². The smallest absolute Gasteiger partial charge is 0.209 e. The molecule has 0 aliphatic carbocycles. The van der Waals surface area contributed by atoms with Crippen molar-refractivity contribution < 1.29 is 4.79 Å². The van der Waals surface area contributed by atoms with Crippen molar-refractivity contribution in [2.45, 2.75) is 19.9 Å². The Morgan fingerprint density at radius 1 is 1.29 bits per heavy atom. The fourth-order valence-electron chi connectivity index (χ4n) is 1.60. The molecule has 1 rings (SSSR count). The molecule has 82 valence electrons. The predicted molar refractivity (Wildman–Crippen MR) is 57.2 cm³/mol. The number of hydrogen-bond donors (Lipinski definition) is 1. The zero-order valence-electron chi connectivity index (χ0n) is 9.20. The van der Waals surface area contributed by atoms with Gasteiger partial charge in [-0.3, -0.25) is 9.69 Å². The Labute approximate surface area is 86.2 Å². The minimum atomic E-state index is 0.561. The van der Waals surface area contributed by atoms with Gasteiger partial charge in [-0.05, 0) is 0 Å². The van der Waals surface area contributed by atoms with Crippen LogP contribution in [0.2, 0.25) is 0 Å². The molecule has 1 amide bonds. The van der Waals surface area contributed by atoms with E-state index in [1.54, 1.807) is 0 Å². The predicted octanol–water partition coefficient (Wildman–Crippen LogP) is -0.242. The number of carbonyl (C=O) groups is 1. The lowest BCUT2D eigenvalue weighted by Gasteiger charge is -2.32. The second kappa shape index (κ2) is 5.98. The first kappa shape index (κ1) is 11.5. The highest BCUT2D eigenvalue weighted by Crippen LogP contribution is 1.97. The molecular weight excluding hydrogens is 178 g/mol. The number of nitrogens with zero attached hydrogens (tertiary/aromatic N) is 2. The average molecular weight is 199 g/mol. The van der Waals surface area contributed by atoms with Gasteiger partial charge in [-0.25, -0.2) is 0 Å². The molecule has 14 heavy (non-hydrogen) atoms. The zero-order chi connectivity index (χ0) is 10.4. The molecule has 0 saturated carbocycles. The van der Waals surface area contributed by atoms with Gasteiger partial charge < -0.3 is 10.2 Å².